The Morgan fingerprint density at radius 1 is 0.941 bits per heavy atom. The standard InChI is InChI=1S/C13H20O4/c1-4-14-9-16-12-6-7-13(11(3)8-12)17-10-15-5-2/h6-8H,4-5,9-10H2,1-3H3. The lowest BCUT2D eigenvalue weighted by molar-refractivity contribution is 0.0197. The van der Waals surface area contributed by atoms with Crippen molar-refractivity contribution in [3.63, 3.8) is 0 Å². The molecule has 96 valence electrons. The minimum Gasteiger partial charge on any atom is -0.468 e. The molecule has 0 atom stereocenters. The third kappa shape index (κ3) is 5.06. The summed E-state index contributed by atoms with van der Waals surface area (Å²) in [4.78, 5) is 0. The lowest BCUT2D eigenvalue weighted by atomic mass is 10.2. The van der Waals surface area contributed by atoms with E-state index in [-0.39, 0.29) is 13.6 Å². The van der Waals surface area contributed by atoms with Gasteiger partial charge in [-0.1, -0.05) is 0 Å². The Morgan fingerprint density at radius 3 is 2.18 bits per heavy atom. The highest BCUT2D eigenvalue weighted by molar-refractivity contribution is 5.39. The molecule has 0 saturated carbocycles. The highest BCUT2D eigenvalue weighted by Crippen LogP contribution is 2.23. The van der Waals surface area contributed by atoms with Gasteiger partial charge in [-0.05, 0) is 44.5 Å². The first kappa shape index (κ1) is 13.8. The number of hydrogen-bond donors (Lipinski definition) is 0. The average molecular weight is 240 g/mol. The molecule has 0 amide bonds. The highest BCUT2D eigenvalue weighted by Gasteiger charge is 2.02. The number of ether oxygens (including phenoxy) is 4. The second-order valence-electron chi connectivity index (χ2n) is 3.44. The van der Waals surface area contributed by atoms with Crippen molar-refractivity contribution in [2.75, 3.05) is 26.8 Å². The van der Waals surface area contributed by atoms with Gasteiger partial charge < -0.3 is 18.9 Å². The Hall–Kier alpha value is -1.26. The molecule has 0 spiro atoms. The van der Waals surface area contributed by atoms with Crippen LogP contribution in [-0.4, -0.2) is 26.8 Å². The first-order chi connectivity index (χ1) is 8.27. The van der Waals surface area contributed by atoms with Crippen LogP contribution in [0.5, 0.6) is 11.5 Å². The van der Waals surface area contributed by atoms with Crippen LogP contribution in [0, 0.1) is 6.92 Å². The van der Waals surface area contributed by atoms with Gasteiger partial charge in [0.25, 0.3) is 0 Å². The molecule has 0 saturated heterocycles. The molecule has 0 fully saturated rings. The van der Waals surface area contributed by atoms with Crippen molar-refractivity contribution in [1.82, 2.24) is 0 Å². The fraction of sp³-hybridized carbons (Fsp3) is 0.538. The summed E-state index contributed by atoms with van der Waals surface area (Å²) in [7, 11) is 0. The summed E-state index contributed by atoms with van der Waals surface area (Å²) in [5.74, 6) is 1.59. The predicted molar refractivity (Wildman–Crippen MR) is 65.4 cm³/mol. The fourth-order valence-electron chi connectivity index (χ4n) is 1.26. The van der Waals surface area contributed by atoms with Crippen LogP contribution in [0.4, 0.5) is 0 Å². The third-order valence-electron chi connectivity index (χ3n) is 2.16. The molecule has 0 radical (unpaired) electrons. The zero-order chi connectivity index (χ0) is 12.5. The maximum absolute atomic E-state index is 5.45. The van der Waals surface area contributed by atoms with Crippen LogP contribution < -0.4 is 9.47 Å². The molecule has 0 aliphatic rings. The summed E-state index contributed by atoms with van der Waals surface area (Å²) in [5.41, 5.74) is 1.01. The largest absolute Gasteiger partial charge is 0.468 e. The fourth-order valence-corrected chi connectivity index (χ4v) is 1.26. The number of rotatable bonds is 8. The van der Waals surface area contributed by atoms with Crippen LogP contribution in [0.2, 0.25) is 0 Å². The Bertz CT molecular complexity index is 325. The van der Waals surface area contributed by atoms with E-state index in [0.717, 1.165) is 17.1 Å². The molecular weight excluding hydrogens is 220 g/mol. The monoisotopic (exact) mass is 240 g/mol. The van der Waals surface area contributed by atoms with E-state index in [9.17, 15) is 0 Å². The second-order valence-corrected chi connectivity index (χ2v) is 3.44. The van der Waals surface area contributed by atoms with Gasteiger partial charge in [0, 0.05) is 13.2 Å². The quantitative estimate of drug-likeness (QED) is 0.517. The molecule has 1 rings (SSSR count). The first-order valence-electron chi connectivity index (χ1n) is 5.79. The van der Waals surface area contributed by atoms with Gasteiger partial charge in [-0.25, -0.2) is 0 Å². The zero-order valence-electron chi connectivity index (χ0n) is 10.7. The lowest BCUT2D eigenvalue weighted by Crippen LogP contribution is -2.04. The van der Waals surface area contributed by atoms with Crippen molar-refractivity contribution in [1.29, 1.82) is 0 Å². The third-order valence-corrected chi connectivity index (χ3v) is 2.16. The van der Waals surface area contributed by atoms with Gasteiger partial charge in [0.2, 0.25) is 0 Å². The van der Waals surface area contributed by atoms with Crippen LogP contribution in [-0.2, 0) is 9.47 Å². The molecule has 0 bridgehead atoms. The van der Waals surface area contributed by atoms with Gasteiger partial charge in [-0.2, -0.15) is 0 Å². The van der Waals surface area contributed by atoms with Gasteiger partial charge in [0.1, 0.15) is 11.5 Å². The summed E-state index contributed by atoms with van der Waals surface area (Å²) >= 11 is 0. The van der Waals surface area contributed by atoms with E-state index in [1.165, 1.54) is 0 Å². The molecule has 17 heavy (non-hydrogen) atoms. The van der Waals surface area contributed by atoms with Crippen molar-refractivity contribution in [3.05, 3.63) is 23.8 Å². The molecule has 0 aliphatic carbocycles. The van der Waals surface area contributed by atoms with E-state index in [4.69, 9.17) is 18.9 Å². The smallest absolute Gasteiger partial charge is 0.189 e. The van der Waals surface area contributed by atoms with Crippen LogP contribution in [0.1, 0.15) is 19.4 Å². The van der Waals surface area contributed by atoms with Gasteiger partial charge in [0.05, 0.1) is 0 Å². The maximum atomic E-state index is 5.45. The molecule has 1 aromatic carbocycles. The van der Waals surface area contributed by atoms with E-state index in [0.29, 0.717) is 13.2 Å². The van der Waals surface area contributed by atoms with Crippen molar-refractivity contribution >= 4 is 0 Å². The van der Waals surface area contributed by atoms with Crippen molar-refractivity contribution < 1.29 is 18.9 Å². The van der Waals surface area contributed by atoms with E-state index in [1.807, 2.05) is 39.0 Å². The highest BCUT2D eigenvalue weighted by atomic mass is 16.7. The Kier molecular flexibility index (Phi) is 6.43. The molecule has 0 N–H and O–H groups in total. The van der Waals surface area contributed by atoms with E-state index in [2.05, 4.69) is 0 Å². The Labute approximate surface area is 102 Å². The average Bonchev–Trinajstić information content (AvgIpc) is 2.32. The normalized spacial score (nSPS) is 10.3. The second kappa shape index (κ2) is 7.92. The SMILES string of the molecule is CCOCOc1ccc(OCOCC)c(C)c1. The topological polar surface area (TPSA) is 36.9 Å². The number of aryl methyl sites for hydroxylation is 1. The van der Waals surface area contributed by atoms with Gasteiger partial charge in [-0.3, -0.25) is 0 Å². The van der Waals surface area contributed by atoms with E-state index >= 15 is 0 Å². The molecule has 0 heterocycles. The van der Waals surface area contributed by atoms with E-state index < -0.39 is 0 Å². The lowest BCUT2D eigenvalue weighted by Gasteiger charge is -2.11. The maximum Gasteiger partial charge on any atom is 0.189 e. The van der Waals surface area contributed by atoms with Crippen LogP contribution >= 0.6 is 0 Å². The first-order valence-corrected chi connectivity index (χ1v) is 5.79. The minimum absolute atomic E-state index is 0.273. The molecule has 0 aliphatic heterocycles. The number of benzene rings is 1. The van der Waals surface area contributed by atoms with Crippen molar-refractivity contribution in [2.24, 2.45) is 0 Å². The van der Waals surface area contributed by atoms with Gasteiger partial charge >= 0.3 is 0 Å². The molecular formula is C13H20O4. The minimum atomic E-state index is 0.273. The zero-order valence-corrected chi connectivity index (χ0v) is 10.7. The van der Waals surface area contributed by atoms with Gasteiger partial charge in [-0.15, -0.1) is 0 Å². The Balaban J connectivity index is 2.47. The summed E-state index contributed by atoms with van der Waals surface area (Å²) in [6.45, 7) is 7.67. The summed E-state index contributed by atoms with van der Waals surface area (Å²) in [6, 6.07) is 5.64. The van der Waals surface area contributed by atoms with Crippen LogP contribution in [0.3, 0.4) is 0 Å². The number of hydrogen-bond acceptors (Lipinski definition) is 4. The molecule has 0 aromatic heterocycles. The Morgan fingerprint density at radius 2 is 1.59 bits per heavy atom. The molecule has 0 unspecified atom stereocenters. The predicted octanol–water partition coefficient (Wildman–Crippen LogP) is 2.74. The van der Waals surface area contributed by atoms with Crippen LogP contribution in [0.25, 0.3) is 0 Å². The molecule has 4 heteroatoms. The van der Waals surface area contributed by atoms with Crippen molar-refractivity contribution in [2.45, 2.75) is 20.8 Å². The molecule has 4 nitrogen and oxygen atoms in total. The van der Waals surface area contributed by atoms with E-state index in [1.54, 1.807) is 0 Å². The summed E-state index contributed by atoms with van der Waals surface area (Å²) in [6.07, 6.45) is 0. The molecule has 1 aromatic rings. The van der Waals surface area contributed by atoms with Gasteiger partial charge in [0.15, 0.2) is 13.6 Å². The van der Waals surface area contributed by atoms with Crippen LogP contribution in [0.15, 0.2) is 18.2 Å². The van der Waals surface area contributed by atoms with Crippen molar-refractivity contribution in [3.8, 4) is 11.5 Å². The summed E-state index contributed by atoms with van der Waals surface area (Å²) < 4.78 is 21.1. The summed E-state index contributed by atoms with van der Waals surface area (Å²) in [5, 5.41) is 0.